The van der Waals surface area contributed by atoms with E-state index in [1.54, 1.807) is 36.4 Å². The van der Waals surface area contributed by atoms with Crippen molar-refractivity contribution in [3.8, 4) is 0 Å². The zero-order valence-electron chi connectivity index (χ0n) is 79.2. The lowest BCUT2D eigenvalue weighted by Gasteiger charge is -2.60. The number of hydrogen-bond donors (Lipinski definition) is 3. The molecule has 2 atom stereocenters. The van der Waals surface area contributed by atoms with Gasteiger partial charge in [0.05, 0.1) is 67.8 Å². The Labute approximate surface area is 797 Å². The van der Waals surface area contributed by atoms with E-state index < -0.39 is 0 Å². The highest BCUT2D eigenvalue weighted by Crippen LogP contribution is 2.67. The SMILES string of the molecule is CC(N1Cc2c(N)cccc2C1=O)C12CC3CC(CC(C3)C1)C2.CC(N1Cc2c(cccc2[N+](=O)[O-])C1=O)C12CC3CC(CC(C3)C1)C2.Nc1cccc2c1CN(C13CC4CC(CC(C4)C1)C3)C2=O.Nc1cccc2c1CN(C1C3CC4CC(C3)CC1C4)C2=O.O=C1c2cccc([N+](=O)[O-])c2CN1C12CC3CC(CC(C3)C1)C2.O=C1c2cccc([N+](=O)[O-])c2CN1C1C2CC3CC(C2)CC1C3. The maximum absolute atomic E-state index is 13.0. The molecule has 24 nitrogen and oxygen atoms in total. The third-order valence-corrected chi connectivity index (χ3v) is 41.7. The van der Waals surface area contributed by atoms with Crippen LogP contribution in [0.25, 0.3) is 0 Å². The lowest BCUT2D eigenvalue weighted by atomic mass is 9.47. The van der Waals surface area contributed by atoms with Crippen LogP contribution in [-0.2, 0) is 39.3 Å². The molecular weight excluding hydrogens is 1710 g/mol. The first-order valence-electron chi connectivity index (χ1n) is 52.8. The molecule has 30 aliphatic rings. The summed E-state index contributed by atoms with van der Waals surface area (Å²) in [4.78, 5) is 123. The molecule has 6 aromatic rings. The van der Waals surface area contributed by atoms with E-state index in [0.717, 1.165) is 189 Å². The van der Waals surface area contributed by atoms with E-state index in [1.165, 1.54) is 217 Å². The number of carbonyl (C=O) groups is 6. The van der Waals surface area contributed by atoms with Gasteiger partial charge in [0.2, 0.25) is 0 Å². The van der Waals surface area contributed by atoms with Gasteiger partial charge in [0.1, 0.15) is 0 Å². The molecule has 24 fully saturated rings. The standard InChI is InChI=1S/C20H24N2O3.C20H26N2O.2C18H20N2O3.2C18H22N2O/c1-12(20-8-13-5-14(9-20)7-15(6-13)10-20)21-11-17-16(19(21)23)3-2-4-18(17)22(24)25;1-12(20-8-13-5-14(9-20)7-15(6-13)10-20)22-11-17-16(19(22)23)3-2-4-18(17)21;21-17-14-2-1-3-16(20(22)23)15(14)10-19(17)18-7-11-4-12(8-18)6-13(5-11)9-18;21-18-14-2-1-3-16(20(22)23)15(14)9-19(18)17-12-5-10-4-11(7-12)8-13(17)6-10;19-16-3-1-2-14-15(16)10-20(17(14)21)18-7-11-4-12(8-18)6-13(5-11)9-18;19-16-3-1-2-14-15(16)9-20(18(14)21)17-12-5-10-4-11(7-12)8-13(17)6-10/h2-4,12-15H,5-11H2,1H3;2-4,12-15H,5-11,21H2,1H3;1-3,11-13H,4-10H2;1-3,10-13,17H,4-9H2;1-3,11-13H,4-10,19H2;1-3,10-13,17H,4-9,19H2. The number of hydrogen-bond acceptors (Lipinski definition) is 15. The van der Waals surface area contributed by atoms with E-state index >= 15 is 0 Å². The van der Waals surface area contributed by atoms with Crippen LogP contribution in [0.1, 0.15) is 328 Å². The third kappa shape index (κ3) is 14.2. The summed E-state index contributed by atoms with van der Waals surface area (Å²) in [7, 11) is 0. The van der Waals surface area contributed by atoms with Crippen LogP contribution in [0.15, 0.2) is 109 Å². The van der Waals surface area contributed by atoms with Gasteiger partial charge < -0.3 is 46.6 Å². The molecule has 6 aliphatic heterocycles. The van der Waals surface area contributed by atoms with E-state index in [9.17, 15) is 59.1 Å². The van der Waals surface area contributed by atoms with Gasteiger partial charge in [-0.25, -0.2) is 0 Å². The molecule has 714 valence electrons. The molecule has 6 aromatic carbocycles. The maximum atomic E-state index is 13.0. The Hall–Kier alpha value is -10.3. The van der Waals surface area contributed by atoms with Crippen LogP contribution in [-0.4, -0.2) is 115 Å². The molecule has 136 heavy (non-hydrogen) atoms. The van der Waals surface area contributed by atoms with E-state index in [2.05, 4.69) is 28.5 Å². The normalized spacial score (nSPS) is 38.2. The van der Waals surface area contributed by atoms with Crippen molar-refractivity contribution in [1.82, 2.24) is 29.4 Å². The molecule has 0 saturated heterocycles. The predicted molar refractivity (Wildman–Crippen MR) is 515 cm³/mol. The second-order valence-corrected chi connectivity index (χ2v) is 49.4. The zero-order chi connectivity index (χ0) is 92.9. The number of amides is 6. The molecule has 6 amide bonds. The number of rotatable bonds is 11. The number of benzene rings is 6. The molecule has 6 heterocycles. The first kappa shape index (κ1) is 87.3. The topological polar surface area (TPSA) is 329 Å². The molecule has 0 aromatic heterocycles. The van der Waals surface area contributed by atoms with Crippen molar-refractivity contribution in [2.75, 3.05) is 17.2 Å². The lowest BCUT2D eigenvalue weighted by molar-refractivity contribution is -0.385. The average Bonchev–Trinajstić information content (AvgIpc) is 1.54. The first-order valence-corrected chi connectivity index (χ1v) is 52.8. The third-order valence-electron chi connectivity index (χ3n) is 41.7. The molecule has 0 spiro atoms. The Balaban J connectivity index is 0.0000000869. The van der Waals surface area contributed by atoms with Crippen LogP contribution in [0.3, 0.4) is 0 Å². The Morgan fingerprint density at radius 3 is 0.794 bits per heavy atom. The minimum atomic E-state index is -0.356. The summed E-state index contributed by atoms with van der Waals surface area (Å²) >= 11 is 0. The molecule has 0 radical (unpaired) electrons. The summed E-state index contributed by atoms with van der Waals surface area (Å²) in [6.45, 7) is 7.96. The Morgan fingerprint density at radius 2 is 0.493 bits per heavy atom. The minimum absolute atomic E-state index is 0.0121. The fourth-order valence-corrected chi connectivity index (χ4v) is 38.1. The van der Waals surface area contributed by atoms with Crippen LogP contribution >= 0.6 is 0 Å². The second kappa shape index (κ2) is 32.4. The monoisotopic (exact) mass is 1840 g/mol. The van der Waals surface area contributed by atoms with Gasteiger partial charge in [-0.2, -0.15) is 0 Å². The van der Waals surface area contributed by atoms with Crippen molar-refractivity contribution < 1.29 is 43.5 Å². The van der Waals surface area contributed by atoms with Crippen molar-refractivity contribution >= 4 is 69.6 Å². The first-order chi connectivity index (χ1) is 65.5. The molecule has 2 unspecified atom stereocenters. The van der Waals surface area contributed by atoms with Crippen molar-refractivity contribution in [3.05, 3.63) is 206 Å². The highest BCUT2D eigenvalue weighted by Gasteiger charge is 2.63. The molecule has 6 N–H and O–H groups in total. The number of nitrogens with two attached hydrogens (primary N) is 3. The van der Waals surface area contributed by atoms with Gasteiger partial charge in [-0.3, -0.25) is 59.1 Å². The van der Waals surface area contributed by atoms with E-state index in [0.29, 0.717) is 94.9 Å². The van der Waals surface area contributed by atoms with E-state index in [4.69, 9.17) is 17.2 Å². The summed E-state index contributed by atoms with van der Waals surface area (Å²) in [6, 6.07) is 33.4. The highest BCUT2D eigenvalue weighted by atomic mass is 16.6. The van der Waals surface area contributed by atoms with E-state index in [1.807, 2.05) is 69.3 Å². The molecule has 24 saturated carbocycles. The summed E-state index contributed by atoms with van der Waals surface area (Å²) in [5, 5.41) is 33.9. The van der Waals surface area contributed by atoms with Gasteiger partial charge in [-0.05, 0) is 416 Å². The number of anilines is 3. The number of fused-ring (bicyclic) bond motifs is 6. The van der Waals surface area contributed by atoms with Gasteiger partial charge in [-0.15, -0.1) is 0 Å². The van der Waals surface area contributed by atoms with E-state index in [-0.39, 0.29) is 89.8 Å². The summed E-state index contributed by atoms with van der Waals surface area (Å²) < 4.78 is 0. The lowest BCUT2D eigenvalue weighted by Crippen LogP contribution is -2.60. The predicted octanol–water partition coefficient (Wildman–Crippen LogP) is 21.1. The Morgan fingerprint density at radius 1 is 0.272 bits per heavy atom. The largest absolute Gasteiger partial charge is 0.398 e. The second-order valence-electron chi connectivity index (χ2n) is 49.4. The van der Waals surface area contributed by atoms with Crippen molar-refractivity contribution in [1.29, 1.82) is 0 Å². The number of nitro groups is 3. The fourth-order valence-electron chi connectivity index (χ4n) is 38.1. The molecule has 36 rings (SSSR count). The Bertz CT molecular complexity index is 5800. The minimum Gasteiger partial charge on any atom is -0.398 e. The summed E-state index contributed by atoms with van der Waals surface area (Å²) in [5.74, 6) is 17.2. The summed E-state index contributed by atoms with van der Waals surface area (Å²) in [5.41, 5.74) is 30.9. The Kier molecular flexibility index (Phi) is 20.8. The quantitative estimate of drug-likeness (QED) is 0.0616. The highest BCUT2D eigenvalue weighted by molar-refractivity contribution is 6.04. The van der Waals surface area contributed by atoms with Gasteiger partial charge in [0.25, 0.3) is 52.5 Å². The number of nitrogen functional groups attached to an aromatic ring is 3. The number of carbonyl (C=O) groups excluding carboxylic acids is 6. The van der Waals surface area contributed by atoms with Crippen LogP contribution in [0, 0.1) is 160 Å². The van der Waals surface area contributed by atoms with Gasteiger partial charge in [0, 0.05) is 124 Å². The van der Waals surface area contributed by atoms with Gasteiger partial charge in [0.15, 0.2) is 0 Å². The maximum Gasteiger partial charge on any atom is 0.275 e. The van der Waals surface area contributed by atoms with Crippen LogP contribution in [0.5, 0.6) is 0 Å². The van der Waals surface area contributed by atoms with Crippen molar-refractivity contribution in [2.45, 2.75) is 307 Å². The molecular formula is C112H134N12O12. The van der Waals surface area contributed by atoms with Gasteiger partial charge in [-0.1, -0.05) is 36.4 Å². The smallest absolute Gasteiger partial charge is 0.275 e. The fraction of sp³-hybridized carbons (Fsp3) is 0.625. The van der Waals surface area contributed by atoms with Crippen LogP contribution in [0.4, 0.5) is 34.1 Å². The number of nitro benzene ring substituents is 3. The van der Waals surface area contributed by atoms with Crippen molar-refractivity contribution in [2.24, 2.45) is 129 Å². The van der Waals surface area contributed by atoms with Crippen LogP contribution in [0.2, 0.25) is 0 Å². The average molecular weight is 1840 g/mol. The molecule has 24 heteroatoms. The van der Waals surface area contributed by atoms with Crippen LogP contribution < -0.4 is 17.2 Å². The van der Waals surface area contributed by atoms with Crippen molar-refractivity contribution in [3.63, 3.8) is 0 Å². The zero-order valence-corrected chi connectivity index (χ0v) is 79.2. The van der Waals surface area contributed by atoms with Gasteiger partial charge >= 0.3 is 0 Å². The molecule has 24 aliphatic carbocycles. The molecule has 24 bridgehead atoms. The number of nitrogens with zero attached hydrogens (tertiary/aromatic N) is 9. The summed E-state index contributed by atoms with van der Waals surface area (Å²) in [6.07, 6.45) is 44.7.